The molecule has 2 unspecified atom stereocenters. The third-order valence-corrected chi connectivity index (χ3v) is 10.3. The summed E-state index contributed by atoms with van der Waals surface area (Å²) in [5, 5.41) is 5.65. The normalized spacial score (nSPS) is 28.7. The van der Waals surface area contributed by atoms with Crippen LogP contribution in [-0.4, -0.2) is 61.1 Å². The molecule has 0 radical (unpaired) electrons. The molecule has 5 aliphatic rings. The standard InChI is InChI=1S/C36H37F4N3O5/c1-47-30-12-4-20(5-13-31(44)43-17-22-7-8-23(18-43)48-22)15-27(30)34(45)42-33-25-10-9-24(26(25)14-19-2-3-19)32(33)35(46)41-21-6-11-29(37)28(16-21)36(38,39)40/h4-6,11-16,19,22-25,32-33H,2-3,7-10,17-18H2,1H3,(H,41,46)(H,42,45)/b13-5+,26-14-/t22?,23?,24-,25+,32-,33+/m0/s1. The van der Waals surface area contributed by atoms with Gasteiger partial charge in [-0.3, -0.25) is 14.4 Å². The largest absolute Gasteiger partial charge is 0.496 e. The van der Waals surface area contributed by atoms with Crippen LogP contribution in [0.25, 0.3) is 6.08 Å². The van der Waals surface area contributed by atoms with Crippen LogP contribution in [0.5, 0.6) is 5.75 Å². The number of alkyl halides is 3. The van der Waals surface area contributed by atoms with E-state index in [1.54, 1.807) is 29.2 Å². The summed E-state index contributed by atoms with van der Waals surface area (Å²) in [6, 6.07) is 6.76. The first-order valence-electron chi connectivity index (χ1n) is 16.5. The molecule has 4 bridgehead atoms. The predicted octanol–water partition coefficient (Wildman–Crippen LogP) is 5.99. The number of ether oxygens (including phenoxy) is 2. The molecule has 8 nitrogen and oxygen atoms in total. The number of anilines is 1. The van der Waals surface area contributed by atoms with Gasteiger partial charge in [0, 0.05) is 36.8 Å². The lowest BCUT2D eigenvalue weighted by Gasteiger charge is -2.31. The van der Waals surface area contributed by atoms with Gasteiger partial charge in [0.05, 0.1) is 36.4 Å². The summed E-state index contributed by atoms with van der Waals surface area (Å²) in [5.74, 6) is -2.86. The van der Waals surface area contributed by atoms with Crippen LogP contribution in [-0.2, 0) is 20.5 Å². The van der Waals surface area contributed by atoms with Crippen LogP contribution in [0, 0.1) is 29.5 Å². The second-order valence-electron chi connectivity index (χ2n) is 13.5. The van der Waals surface area contributed by atoms with Crippen LogP contribution in [0.1, 0.15) is 60.0 Å². The molecule has 2 aromatic rings. The number of hydrogen-bond donors (Lipinski definition) is 2. The van der Waals surface area contributed by atoms with E-state index < -0.39 is 41.3 Å². The molecule has 7 rings (SSSR count). The Kier molecular flexibility index (Phi) is 8.55. The van der Waals surface area contributed by atoms with Crippen molar-refractivity contribution in [3.05, 3.63) is 76.6 Å². The maximum Gasteiger partial charge on any atom is 0.419 e. The van der Waals surface area contributed by atoms with Crippen molar-refractivity contribution in [2.45, 2.75) is 63.0 Å². The van der Waals surface area contributed by atoms with Gasteiger partial charge in [0.15, 0.2) is 0 Å². The van der Waals surface area contributed by atoms with Gasteiger partial charge in [0.2, 0.25) is 11.8 Å². The maximum absolute atomic E-state index is 13.9. The second kappa shape index (κ2) is 12.7. The Balaban J connectivity index is 1.11. The van der Waals surface area contributed by atoms with E-state index >= 15 is 0 Å². The van der Waals surface area contributed by atoms with Gasteiger partial charge in [-0.15, -0.1) is 0 Å². The highest BCUT2D eigenvalue weighted by Gasteiger charge is 2.55. The quantitative estimate of drug-likeness (QED) is 0.205. The number of halogens is 4. The average Bonchev–Trinajstić information content (AvgIpc) is 3.62. The van der Waals surface area contributed by atoms with E-state index in [4.69, 9.17) is 9.47 Å². The molecule has 3 aliphatic carbocycles. The molecule has 2 N–H and O–H groups in total. The molecule has 5 fully saturated rings. The summed E-state index contributed by atoms with van der Waals surface area (Å²) >= 11 is 0. The molecular formula is C36H37F4N3O5. The number of carbonyl (C=O) groups excluding carboxylic acids is 3. The Morgan fingerprint density at radius 2 is 1.69 bits per heavy atom. The number of hydrogen-bond acceptors (Lipinski definition) is 5. The second-order valence-corrected chi connectivity index (χ2v) is 13.5. The van der Waals surface area contributed by atoms with E-state index in [2.05, 4.69) is 16.7 Å². The van der Waals surface area contributed by atoms with Crippen LogP contribution in [0.15, 0.2) is 54.1 Å². The SMILES string of the molecule is COc1ccc(/C=C/C(=O)N2CC3CCC(C2)O3)cc1C(=O)N[C@H]1[C@@H](C(=O)Nc2ccc(F)c(C(F)(F)F)c2)[C@H]2CC[C@@H]1/C2=C\C1CC1. The fraction of sp³-hybridized carbons (Fsp3) is 0.472. The number of methoxy groups -OCH3 is 1. The first-order chi connectivity index (χ1) is 23.0. The molecule has 6 atom stereocenters. The van der Waals surface area contributed by atoms with Crippen LogP contribution in [0.2, 0.25) is 0 Å². The lowest BCUT2D eigenvalue weighted by Crippen LogP contribution is -2.48. The lowest BCUT2D eigenvalue weighted by atomic mass is 9.83. The molecule has 2 heterocycles. The van der Waals surface area contributed by atoms with Crippen molar-refractivity contribution in [3.8, 4) is 5.75 Å². The van der Waals surface area contributed by atoms with Gasteiger partial charge in [0.25, 0.3) is 5.91 Å². The summed E-state index contributed by atoms with van der Waals surface area (Å²) in [7, 11) is 1.44. The minimum absolute atomic E-state index is 0.0711. The van der Waals surface area contributed by atoms with Crippen molar-refractivity contribution in [2.75, 3.05) is 25.5 Å². The Labute approximate surface area is 275 Å². The predicted molar refractivity (Wildman–Crippen MR) is 168 cm³/mol. The Bertz CT molecular complexity index is 1670. The van der Waals surface area contributed by atoms with Crippen molar-refractivity contribution in [1.29, 1.82) is 0 Å². The van der Waals surface area contributed by atoms with Crippen LogP contribution in [0.3, 0.4) is 0 Å². The molecule has 0 aromatic heterocycles. The highest BCUT2D eigenvalue weighted by atomic mass is 19.4. The smallest absolute Gasteiger partial charge is 0.419 e. The number of benzene rings is 2. The van der Waals surface area contributed by atoms with Gasteiger partial charge in [-0.2, -0.15) is 13.2 Å². The van der Waals surface area contributed by atoms with Crippen LogP contribution >= 0.6 is 0 Å². The Morgan fingerprint density at radius 1 is 0.958 bits per heavy atom. The fourth-order valence-corrected chi connectivity index (χ4v) is 7.91. The lowest BCUT2D eigenvalue weighted by molar-refractivity contribution is -0.140. The zero-order chi connectivity index (χ0) is 33.7. The zero-order valence-electron chi connectivity index (χ0n) is 26.4. The summed E-state index contributed by atoms with van der Waals surface area (Å²) in [6.45, 7) is 1.10. The number of nitrogens with one attached hydrogen (secondary N) is 2. The number of amides is 3. The van der Waals surface area contributed by atoms with Crippen LogP contribution in [0.4, 0.5) is 23.2 Å². The first kappa shape index (κ1) is 32.4. The van der Waals surface area contributed by atoms with Gasteiger partial charge in [0.1, 0.15) is 11.6 Å². The van der Waals surface area contributed by atoms with E-state index in [9.17, 15) is 31.9 Å². The van der Waals surface area contributed by atoms with Crippen molar-refractivity contribution >= 4 is 29.5 Å². The first-order valence-corrected chi connectivity index (χ1v) is 16.5. The molecule has 3 amide bonds. The molecule has 0 spiro atoms. The highest BCUT2D eigenvalue weighted by molar-refractivity contribution is 6.00. The van der Waals surface area contributed by atoms with Gasteiger partial charge in [-0.25, -0.2) is 4.39 Å². The Morgan fingerprint density at radius 3 is 2.38 bits per heavy atom. The number of likely N-dealkylation sites (tertiary alicyclic amines) is 1. The summed E-state index contributed by atoms with van der Waals surface area (Å²) < 4.78 is 65.4. The van der Waals surface area contributed by atoms with Gasteiger partial charge in [-0.1, -0.05) is 17.7 Å². The molecule has 2 aliphatic heterocycles. The number of rotatable bonds is 8. The topological polar surface area (TPSA) is 97.0 Å². The molecule has 12 heteroatoms. The molecular weight excluding hydrogens is 630 g/mol. The van der Waals surface area contributed by atoms with Crippen molar-refractivity contribution < 1.29 is 41.4 Å². The van der Waals surface area contributed by atoms with Crippen molar-refractivity contribution in [1.82, 2.24) is 10.2 Å². The minimum atomic E-state index is -4.92. The zero-order valence-corrected chi connectivity index (χ0v) is 26.4. The molecule has 48 heavy (non-hydrogen) atoms. The number of nitrogens with zero attached hydrogens (tertiary/aromatic N) is 1. The summed E-state index contributed by atoms with van der Waals surface area (Å²) in [4.78, 5) is 42.4. The fourth-order valence-electron chi connectivity index (χ4n) is 7.91. The van der Waals surface area contributed by atoms with Gasteiger partial charge < -0.3 is 25.0 Å². The summed E-state index contributed by atoms with van der Waals surface area (Å²) in [6.07, 6.45) is 6.04. The average molecular weight is 668 g/mol. The number of fused-ring (bicyclic) bond motifs is 4. The van der Waals surface area contributed by atoms with Gasteiger partial charge in [-0.05, 0) is 92.3 Å². The molecule has 2 saturated heterocycles. The maximum atomic E-state index is 13.9. The minimum Gasteiger partial charge on any atom is -0.496 e. The third kappa shape index (κ3) is 6.46. The van der Waals surface area contributed by atoms with E-state index in [1.807, 2.05) is 0 Å². The third-order valence-electron chi connectivity index (χ3n) is 10.3. The van der Waals surface area contributed by atoms with Crippen molar-refractivity contribution in [3.63, 3.8) is 0 Å². The monoisotopic (exact) mass is 667 g/mol. The summed E-state index contributed by atoms with van der Waals surface area (Å²) in [5.41, 5.74) is 0.303. The number of allylic oxidation sites excluding steroid dienone is 1. The van der Waals surface area contributed by atoms with Gasteiger partial charge >= 0.3 is 6.18 Å². The molecule has 254 valence electrons. The molecule has 2 aromatic carbocycles. The number of carbonyl (C=O) groups is 3. The molecule has 3 saturated carbocycles. The van der Waals surface area contributed by atoms with Crippen LogP contribution < -0.4 is 15.4 Å². The highest BCUT2D eigenvalue weighted by Crippen LogP contribution is 2.54. The Hall–Kier alpha value is -4.19. The van der Waals surface area contributed by atoms with E-state index in [1.165, 1.54) is 13.2 Å². The van der Waals surface area contributed by atoms with E-state index in [-0.39, 0.29) is 41.2 Å². The van der Waals surface area contributed by atoms with E-state index in [0.717, 1.165) is 43.7 Å². The van der Waals surface area contributed by atoms with Crippen molar-refractivity contribution in [2.24, 2.45) is 23.7 Å². The van der Waals surface area contributed by atoms with E-state index in [0.29, 0.717) is 48.9 Å². The number of morpholine rings is 1.